The molecule has 0 bridgehead atoms. The average Bonchev–Trinajstić information content (AvgIpc) is 3.17. The number of nitrogens with one attached hydrogen (secondary N) is 1. The van der Waals surface area contributed by atoms with Gasteiger partial charge in [0.2, 0.25) is 11.9 Å². The van der Waals surface area contributed by atoms with Gasteiger partial charge in [0.05, 0.1) is 11.3 Å². The molecule has 10 heteroatoms. The second-order valence-electron chi connectivity index (χ2n) is 8.19. The first kappa shape index (κ1) is 19.9. The molecule has 0 aromatic carbocycles. The fourth-order valence-electron chi connectivity index (χ4n) is 4.38. The fourth-order valence-corrected chi connectivity index (χ4v) is 6.49. The number of piperidine rings is 1. The lowest BCUT2D eigenvalue weighted by molar-refractivity contribution is -0.113. The number of aryl methyl sites for hydroxylation is 1. The second kappa shape index (κ2) is 8.22. The quantitative estimate of drug-likeness (QED) is 0.634. The monoisotopic (exact) mass is 446 g/mol. The van der Waals surface area contributed by atoms with Crippen molar-refractivity contribution < 1.29 is 9.59 Å². The summed E-state index contributed by atoms with van der Waals surface area (Å²) >= 11 is 2.90. The Morgan fingerprint density at radius 1 is 1.13 bits per heavy atom. The van der Waals surface area contributed by atoms with Crippen molar-refractivity contribution in [2.45, 2.75) is 62.6 Å². The number of thioether (sulfide) groups is 1. The van der Waals surface area contributed by atoms with Crippen LogP contribution in [-0.4, -0.2) is 45.4 Å². The van der Waals surface area contributed by atoms with E-state index in [4.69, 9.17) is 5.73 Å². The van der Waals surface area contributed by atoms with Crippen molar-refractivity contribution in [1.29, 1.82) is 0 Å². The van der Waals surface area contributed by atoms with Crippen molar-refractivity contribution in [3.05, 3.63) is 16.0 Å². The number of fused-ring (bicyclic) bond motifs is 1. The Bertz CT molecular complexity index is 974. The summed E-state index contributed by atoms with van der Waals surface area (Å²) in [7, 11) is 0. The SMILES string of the molecule is NC(=O)c1c(NC(=O)CSc2nnc(N3CCCCC3)n2C2CC2)sc2c1CCC2. The predicted molar refractivity (Wildman–Crippen MR) is 119 cm³/mol. The van der Waals surface area contributed by atoms with Crippen LogP contribution in [0.15, 0.2) is 5.16 Å². The minimum atomic E-state index is -0.461. The van der Waals surface area contributed by atoms with E-state index in [1.807, 2.05) is 0 Å². The maximum Gasteiger partial charge on any atom is 0.251 e. The molecule has 1 saturated heterocycles. The van der Waals surface area contributed by atoms with Gasteiger partial charge in [0.1, 0.15) is 5.00 Å². The number of hydrogen-bond donors (Lipinski definition) is 2. The highest BCUT2D eigenvalue weighted by Gasteiger charge is 2.32. The molecular formula is C20H26N6O2S2. The lowest BCUT2D eigenvalue weighted by Gasteiger charge is -2.27. The molecule has 0 atom stereocenters. The first-order chi connectivity index (χ1) is 14.6. The van der Waals surface area contributed by atoms with E-state index in [-0.39, 0.29) is 11.7 Å². The Morgan fingerprint density at radius 2 is 1.93 bits per heavy atom. The molecule has 2 amide bonds. The van der Waals surface area contributed by atoms with Crippen molar-refractivity contribution in [2.75, 3.05) is 29.1 Å². The minimum absolute atomic E-state index is 0.146. The summed E-state index contributed by atoms with van der Waals surface area (Å²) < 4.78 is 2.22. The number of rotatable bonds is 7. The van der Waals surface area contributed by atoms with E-state index in [1.165, 1.54) is 47.2 Å². The number of anilines is 2. The van der Waals surface area contributed by atoms with Gasteiger partial charge in [0, 0.05) is 24.0 Å². The van der Waals surface area contributed by atoms with E-state index >= 15 is 0 Å². The predicted octanol–water partition coefficient (Wildman–Crippen LogP) is 2.98. The van der Waals surface area contributed by atoms with Crippen molar-refractivity contribution in [1.82, 2.24) is 14.8 Å². The van der Waals surface area contributed by atoms with Crippen LogP contribution in [-0.2, 0) is 17.6 Å². The van der Waals surface area contributed by atoms with E-state index in [0.29, 0.717) is 16.6 Å². The average molecular weight is 447 g/mol. The van der Waals surface area contributed by atoms with E-state index in [2.05, 4.69) is 25.0 Å². The summed E-state index contributed by atoms with van der Waals surface area (Å²) in [5, 5.41) is 13.2. The zero-order valence-electron chi connectivity index (χ0n) is 16.9. The number of primary amides is 1. The zero-order chi connectivity index (χ0) is 20.7. The molecule has 2 fully saturated rings. The lowest BCUT2D eigenvalue weighted by Crippen LogP contribution is -2.32. The Balaban J connectivity index is 1.27. The Hall–Kier alpha value is -2.07. The third kappa shape index (κ3) is 3.82. The summed E-state index contributed by atoms with van der Waals surface area (Å²) in [6.45, 7) is 2.05. The van der Waals surface area contributed by atoms with Crippen LogP contribution in [0.3, 0.4) is 0 Å². The summed E-state index contributed by atoms with van der Waals surface area (Å²) in [4.78, 5) is 28.1. The van der Waals surface area contributed by atoms with Gasteiger partial charge in [0.25, 0.3) is 5.91 Å². The van der Waals surface area contributed by atoms with E-state index in [1.54, 1.807) is 0 Å². The molecule has 1 aliphatic heterocycles. The van der Waals surface area contributed by atoms with Gasteiger partial charge >= 0.3 is 0 Å². The van der Waals surface area contributed by atoms with Crippen LogP contribution in [0.25, 0.3) is 0 Å². The maximum atomic E-state index is 12.6. The second-order valence-corrected chi connectivity index (χ2v) is 10.2. The van der Waals surface area contributed by atoms with E-state index < -0.39 is 5.91 Å². The summed E-state index contributed by atoms with van der Waals surface area (Å²) in [6, 6.07) is 0.448. The number of thiophene rings is 1. The molecule has 30 heavy (non-hydrogen) atoms. The molecule has 1 saturated carbocycles. The van der Waals surface area contributed by atoms with Gasteiger partial charge in [-0.1, -0.05) is 11.8 Å². The minimum Gasteiger partial charge on any atom is -0.365 e. The maximum absolute atomic E-state index is 12.6. The van der Waals surface area contributed by atoms with Crippen molar-refractivity contribution >= 4 is 45.9 Å². The molecule has 3 N–H and O–H groups in total. The number of carbonyl (C=O) groups is 2. The molecule has 3 heterocycles. The van der Waals surface area contributed by atoms with Gasteiger partial charge in [-0.2, -0.15) is 0 Å². The molecule has 0 radical (unpaired) electrons. The van der Waals surface area contributed by atoms with Gasteiger partial charge in [0.15, 0.2) is 5.16 Å². The first-order valence-corrected chi connectivity index (χ1v) is 12.5. The van der Waals surface area contributed by atoms with Gasteiger partial charge < -0.3 is 16.0 Å². The third-order valence-electron chi connectivity index (χ3n) is 5.95. The highest BCUT2D eigenvalue weighted by atomic mass is 32.2. The number of hydrogen-bond acceptors (Lipinski definition) is 7. The van der Waals surface area contributed by atoms with Crippen molar-refractivity contribution in [3.8, 4) is 0 Å². The number of aromatic nitrogens is 3. The Labute approximate surface area is 183 Å². The van der Waals surface area contributed by atoms with Crippen LogP contribution < -0.4 is 16.0 Å². The molecule has 2 aromatic heterocycles. The standard InChI is InChI=1S/C20H26N6O2S2/c21-17(28)16-13-5-4-6-14(13)30-18(16)22-15(27)11-29-20-24-23-19(26(20)12-7-8-12)25-9-2-1-3-10-25/h12H,1-11H2,(H2,21,28)(H,22,27). The number of nitrogens with two attached hydrogens (primary N) is 1. The molecule has 0 spiro atoms. The fraction of sp³-hybridized carbons (Fsp3) is 0.600. The van der Waals surface area contributed by atoms with Crippen LogP contribution in [0.2, 0.25) is 0 Å². The molecule has 2 aromatic rings. The molecule has 3 aliphatic rings. The summed E-state index contributed by atoms with van der Waals surface area (Å²) in [5.41, 5.74) is 7.11. The Kier molecular flexibility index (Phi) is 5.44. The smallest absolute Gasteiger partial charge is 0.251 e. The van der Waals surface area contributed by atoms with Crippen LogP contribution >= 0.6 is 23.1 Å². The molecule has 5 rings (SSSR count). The van der Waals surface area contributed by atoms with Crippen LogP contribution in [0.5, 0.6) is 0 Å². The number of nitrogens with zero attached hydrogens (tertiary/aromatic N) is 4. The van der Waals surface area contributed by atoms with E-state index in [0.717, 1.165) is 61.9 Å². The molecule has 0 unspecified atom stereocenters. The largest absolute Gasteiger partial charge is 0.365 e. The first-order valence-electron chi connectivity index (χ1n) is 10.7. The topological polar surface area (TPSA) is 106 Å². The summed E-state index contributed by atoms with van der Waals surface area (Å²) in [5.74, 6) is 0.570. The van der Waals surface area contributed by atoms with Gasteiger partial charge in [-0.15, -0.1) is 21.5 Å². The van der Waals surface area contributed by atoms with Crippen molar-refractivity contribution in [2.24, 2.45) is 5.73 Å². The Morgan fingerprint density at radius 3 is 2.67 bits per heavy atom. The molecular weight excluding hydrogens is 420 g/mol. The molecule has 2 aliphatic carbocycles. The van der Waals surface area contributed by atoms with Gasteiger partial charge in [-0.25, -0.2) is 0 Å². The van der Waals surface area contributed by atoms with Crippen molar-refractivity contribution in [3.63, 3.8) is 0 Å². The van der Waals surface area contributed by atoms with Crippen LogP contribution in [0, 0.1) is 0 Å². The number of amides is 2. The van der Waals surface area contributed by atoms with Gasteiger partial charge in [-0.3, -0.25) is 14.2 Å². The normalized spacial score (nSPS) is 18.5. The van der Waals surface area contributed by atoms with Gasteiger partial charge in [-0.05, 0) is 56.9 Å². The number of carbonyl (C=O) groups excluding carboxylic acids is 2. The van der Waals surface area contributed by atoms with Crippen LogP contribution in [0.4, 0.5) is 10.9 Å². The highest BCUT2D eigenvalue weighted by Crippen LogP contribution is 2.42. The third-order valence-corrected chi connectivity index (χ3v) is 8.10. The molecule has 8 nitrogen and oxygen atoms in total. The van der Waals surface area contributed by atoms with Crippen LogP contribution in [0.1, 0.15) is 65.4 Å². The van der Waals surface area contributed by atoms with E-state index in [9.17, 15) is 9.59 Å². The lowest BCUT2D eigenvalue weighted by atomic mass is 10.1. The summed E-state index contributed by atoms with van der Waals surface area (Å²) in [6.07, 6.45) is 8.79. The highest BCUT2D eigenvalue weighted by molar-refractivity contribution is 7.99. The zero-order valence-corrected chi connectivity index (χ0v) is 18.5. The molecule has 160 valence electrons.